The maximum Gasteiger partial charge on any atom is 0.264 e. The van der Waals surface area contributed by atoms with Gasteiger partial charge in [-0.1, -0.05) is 6.07 Å². The van der Waals surface area contributed by atoms with Crippen molar-refractivity contribution in [3.8, 4) is 22.8 Å². The van der Waals surface area contributed by atoms with Gasteiger partial charge in [0, 0.05) is 47.8 Å². The lowest BCUT2D eigenvalue weighted by Gasteiger charge is -2.16. The molecule has 0 bridgehead atoms. The minimum atomic E-state index is 0.200. The van der Waals surface area contributed by atoms with Crippen molar-refractivity contribution in [2.75, 3.05) is 45.7 Å². The lowest BCUT2D eigenvalue weighted by atomic mass is 10.00. The Morgan fingerprint density at radius 1 is 1.06 bits per heavy atom. The number of aryl methyl sites for hydroxylation is 1. The first-order chi connectivity index (χ1) is 17.1. The second-order valence-electron chi connectivity index (χ2n) is 9.14. The highest BCUT2D eigenvalue weighted by atomic mass is 16.5. The Balaban J connectivity index is 1.50. The molecular weight excluding hydrogens is 442 g/mol. The highest BCUT2D eigenvalue weighted by molar-refractivity contribution is 5.79. The van der Waals surface area contributed by atoms with Crippen molar-refractivity contribution >= 4 is 11.4 Å². The Morgan fingerprint density at radius 3 is 2.57 bits per heavy atom. The number of nitrogens with zero attached hydrogens (tertiary/aromatic N) is 4. The van der Waals surface area contributed by atoms with Crippen molar-refractivity contribution in [1.82, 2.24) is 14.6 Å². The molecular formula is C27H33N5O3. The molecule has 184 valence electrons. The van der Waals surface area contributed by atoms with E-state index in [4.69, 9.17) is 9.47 Å². The monoisotopic (exact) mass is 475 g/mol. The standard InChI is InChI=1S/C27H33N5O3/c1-34-22-15-21(16-23(17-22)35-2)30-27-29-18-20-9-10-28-25-8-7-19(14-24(25)26(20)32(27)33)6-5-13-31-11-3-4-12-31/h7-8,14-18,28,33H,3-6,9-13H2,1-2H3. The molecule has 8 nitrogen and oxygen atoms in total. The van der Waals surface area contributed by atoms with E-state index in [9.17, 15) is 5.21 Å². The van der Waals surface area contributed by atoms with Crippen molar-refractivity contribution in [2.45, 2.75) is 32.1 Å². The van der Waals surface area contributed by atoms with E-state index in [-0.39, 0.29) is 5.62 Å². The average molecular weight is 476 g/mol. The first kappa shape index (κ1) is 23.2. The van der Waals surface area contributed by atoms with E-state index in [0.29, 0.717) is 17.2 Å². The summed E-state index contributed by atoms with van der Waals surface area (Å²) in [6, 6.07) is 11.9. The van der Waals surface area contributed by atoms with Crippen LogP contribution in [0.2, 0.25) is 0 Å². The number of hydrogen-bond acceptors (Lipinski definition) is 7. The Bertz CT molecular complexity index is 1240. The van der Waals surface area contributed by atoms with Crippen molar-refractivity contribution in [3.63, 3.8) is 0 Å². The molecule has 35 heavy (non-hydrogen) atoms. The van der Waals surface area contributed by atoms with E-state index in [0.717, 1.165) is 59.6 Å². The molecule has 0 aliphatic carbocycles. The number of aromatic nitrogens is 2. The highest BCUT2D eigenvalue weighted by Gasteiger charge is 2.20. The summed E-state index contributed by atoms with van der Waals surface area (Å²) in [6.07, 6.45) is 7.36. The van der Waals surface area contributed by atoms with E-state index < -0.39 is 0 Å². The highest BCUT2D eigenvalue weighted by Crippen LogP contribution is 2.33. The third-order valence-corrected chi connectivity index (χ3v) is 6.79. The van der Waals surface area contributed by atoms with E-state index in [2.05, 4.69) is 38.4 Å². The molecule has 1 aromatic heterocycles. The second-order valence-corrected chi connectivity index (χ2v) is 9.14. The summed E-state index contributed by atoms with van der Waals surface area (Å²) in [6.45, 7) is 4.37. The van der Waals surface area contributed by atoms with Gasteiger partial charge >= 0.3 is 0 Å². The Morgan fingerprint density at radius 2 is 1.83 bits per heavy atom. The van der Waals surface area contributed by atoms with Crippen LogP contribution in [0.15, 0.2) is 47.6 Å². The second kappa shape index (κ2) is 10.4. The predicted molar refractivity (Wildman–Crippen MR) is 136 cm³/mol. The molecule has 1 saturated heterocycles. The topological polar surface area (TPSA) is 84.1 Å². The summed E-state index contributed by atoms with van der Waals surface area (Å²) in [5.74, 6) is 1.24. The van der Waals surface area contributed by atoms with Crippen LogP contribution in [0.25, 0.3) is 11.3 Å². The lowest BCUT2D eigenvalue weighted by Crippen LogP contribution is -2.25. The molecule has 2 aliphatic heterocycles. The van der Waals surface area contributed by atoms with Crippen molar-refractivity contribution < 1.29 is 14.7 Å². The lowest BCUT2D eigenvalue weighted by molar-refractivity contribution is 0.171. The van der Waals surface area contributed by atoms with Crippen LogP contribution in [-0.4, -0.2) is 60.2 Å². The summed E-state index contributed by atoms with van der Waals surface area (Å²) in [5.41, 5.74) is 5.75. The number of likely N-dealkylation sites (tertiary alicyclic amines) is 1. The number of fused-ring (bicyclic) bond motifs is 3. The number of hydrogen-bond donors (Lipinski definition) is 2. The zero-order chi connectivity index (χ0) is 24.2. The van der Waals surface area contributed by atoms with Crippen LogP contribution in [0.3, 0.4) is 0 Å². The predicted octanol–water partition coefficient (Wildman–Crippen LogP) is 4.03. The fourth-order valence-corrected chi connectivity index (χ4v) is 4.95. The summed E-state index contributed by atoms with van der Waals surface area (Å²) >= 11 is 0. The smallest absolute Gasteiger partial charge is 0.264 e. The minimum Gasteiger partial charge on any atom is -0.497 e. The molecule has 1 fully saturated rings. The van der Waals surface area contributed by atoms with Gasteiger partial charge in [0.1, 0.15) is 11.5 Å². The van der Waals surface area contributed by atoms with E-state index in [1.165, 1.54) is 31.5 Å². The molecule has 3 aromatic rings. The number of rotatable bonds is 7. The van der Waals surface area contributed by atoms with Crippen LogP contribution in [0, 0.1) is 0 Å². The third-order valence-electron chi connectivity index (χ3n) is 6.79. The molecule has 0 amide bonds. The Labute approximate surface area is 205 Å². The van der Waals surface area contributed by atoms with Gasteiger partial charge in [-0.3, -0.25) is 0 Å². The Kier molecular flexibility index (Phi) is 6.90. The zero-order valence-electron chi connectivity index (χ0n) is 20.5. The fourth-order valence-electron chi connectivity index (χ4n) is 4.95. The molecule has 8 heteroatoms. The molecule has 2 N–H and O–H groups in total. The van der Waals surface area contributed by atoms with Gasteiger partial charge in [0.15, 0.2) is 0 Å². The molecule has 2 aliphatic rings. The van der Waals surface area contributed by atoms with Gasteiger partial charge < -0.3 is 24.9 Å². The number of nitrogens with one attached hydrogen (secondary N) is 1. The molecule has 0 unspecified atom stereocenters. The van der Waals surface area contributed by atoms with Gasteiger partial charge in [0.05, 0.1) is 25.6 Å². The molecule has 0 spiro atoms. The Hall–Kier alpha value is -3.52. The van der Waals surface area contributed by atoms with Gasteiger partial charge in [-0.25, -0.2) is 9.98 Å². The van der Waals surface area contributed by atoms with Crippen molar-refractivity contribution in [3.05, 3.63) is 59.3 Å². The first-order valence-corrected chi connectivity index (χ1v) is 12.3. The molecule has 3 heterocycles. The summed E-state index contributed by atoms with van der Waals surface area (Å²) in [5, 5.41) is 14.8. The van der Waals surface area contributed by atoms with E-state index >= 15 is 0 Å². The van der Waals surface area contributed by atoms with Gasteiger partial charge in [-0.05, 0) is 69.4 Å². The summed E-state index contributed by atoms with van der Waals surface area (Å²) in [7, 11) is 3.19. The molecule has 0 atom stereocenters. The SMILES string of the molecule is COc1cc(N=c2ncc3c(n2O)-c2cc(CCCN4CCCC4)ccc2NCC3)cc(OC)c1. The van der Waals surface area contributed by atoms with E-state index in [1.807, 2.05) is 6.20 Å². The fraction of sp³-hybridized carbons (Fsp3) is 0.407. The first-order valence-electron chi connectivity index (χ1n) is 12.3. The number of methoxy groups -OCH3 is 2. The van der Waals surface area contributed by atoms with Gasteiger partial charge in [0.25, 0.3) is 5.62 Å². The third kappa shape index (κ3) is 5.12. The van der Waals surface area contributed by atoms with Crippen LogP contribution in [0.5, 0.6) is 11.5 Å². The van der Waals surface area contributed by atoms with Crippen molar-refractivity contribution in [1.29, 1.82) is 0 Å². The van der Waals surface area contributed by atoms with Crippen LogP contribution < -0.4 is 20.4 Å². The maximum absolute atomic E-state index is 11.3. The maximum atomic E-state index is 11.3. The number of benzene rings is 2. The van der Waals surface area contributed by atoms with Crippen molar-refractivity contribution in [2.24, 2.45) is 4.99 Å². The molecule has 0 saturated carbocycles. The van der Waals surface area contributed by atoms with Crippen LogP contribution in [0.4, 0.5) is 11.4 Å². The van der Waals surface area contributed by atoms with E-state index in [1.54, 1.807) is 32.4 Å². The number of anilines is 1. The van der Waals surface area contributed by atoms with Gasteiger partial charge in [0.2, 0.25) is 0 Å². The largest absolute Gasteiger partial charge is 0.497 e. The van der Waals surface area contributed by atoms with Crippen LogP contribution in [-0.2, 0) is 12.8 Å². The van der Waals surface area contributed by atoms with Gasteiger partial charge in [-0.2, -0.15) is 0 Å². The minimum absolute atomic E-state index is 0.200. The summed E-state index contributed by atoms with van der Waals surface area (Å²) < 4.78 is 11.8. The normalized spacial score (nSPS) is 15.8. The van der Waals surface area contributed by atoms with Gasteiger partial charge in [-0.15, -0.1) is 4.73 Å². The zero-order valence-corrected chi connectivity index (χ0v) is 20.5. The average Bonchev–Trinajstić information content (AvgIpc) is 3.32. The molecule has 5 rings (SSSR count). The quantitative estimate of drug-likeness (QED) is 0.502. The van der Waals surface area contributed by atoms with Crippen LogP contribution in [0.1, 0.15) is 30.4 Å². The molecule has 2 aromatic carbocycles. The molecule has 0 radical (unpaired) electrons. The van der Waals surface area contributed by atoms with Crippen LogP contribution >= 0.6 is 0 Å². The number of ether oxygens (including phenoxy) is 2. The summed E-state index contributed by atoms with van der Waals surface area (Å²) in [4.78, 5) is 11.6.